The summed E-state index contributed by atoms with van der Waals surface area (Å²) in [6.45, 7) is 0. The van der Waals surface area contributed by atoms with Crippen molar-refractivity contribution in [3.05, 3.63) is 22.8 Å². The molecule has 0 spiro atoms. The van der Waals surface area contributed by atoms with Gasteiger partial charge in [0.2, 0.25) is 0 Å². The molecule has 4 saturated carbocycles. The topological polar surface area (TPSA) is 38.9 Å². The van der Waals surface area contributed by atoms with Crippen molar-refractivity contribution in [2.45, 2.75) is 43.9 Å². The van der Waals surface area contributed by atoms with Crippen LogP contribution in [0.4, 0.5) is 5.69 Å². The van der Waals surface area contributed by atoms with Crippen LogP contribution in [0.15, 0.2) is 17.1 Å². The van der Waals surface area contributed by atoms with Crippen LogP contribution in [0.25, 0.3) is 9.78 Å². The second-order valence-corrected chi connectivity index (χ2v) is 9.24. The zero-order valence-electron chi connectivity index (χ0n) is 11.6. The van der Waals surface area contributed by atoms with Gasteiger partial charge in [0, 0.05) is 0 Å². The summed E-state index contributed by atoms with van der Waals surface area (Å²) >= 11 is 0.359. The summed E-state index contributed by atoms with van der Waals surface area (Å²) in [7, 11) is 0. The van der Waals surface area contributed by atoms with Crippen LogP contribution < -0.4 is 5.73 Å². The third-order valence-corrected chi connectivity index (χ3v) is 7.95. The molecule has 0 radical (unpaired) electrons. The first kappa shape index (κ1) is 11.8. The molecule has 0 aromatic carbocycles. The number of nitrogens with zero attached hydrogens (tertiary/aromatic N) is 1. The van der Waals surface area contributed by atoms with Gasteiger partial charge in [0.1, 0.15) is 0 Å². The molecule has 0 atom stereocenters. The Hall–Kier alpha value is -0.791. The van der Waals surface area contributed by atoms with E-state index in [-0.39, 0.29) is 0 Å². The van der Waals surface area contributed by atoms with Crippen molar-refractivity contribution < 1.29 is 0 Å². The molecule has 0 amide bonds. The molecule has 4 fully saturated rings. The van der Waals surface area contributed by atoms with Gasteiger partial charge in [-0.15, -0.1) is 0 Å². The van der Waals surface area contributed by atoms with Gasteiger partial charge < -0.3 is 0 Å². The van der Waals surface area contributed by atoms with Crippen LogP contribution in [0.2, 0.25) is 0 Å². The first-order valence-corrected chi connectivity index (χ1v) is 9.71. The fraction of sp³-hybridized carbons (Fsp3) is 0.588. The summed E-state index contributed by atoms with van der Waals surface area (Å²) < 4.78 is 1.28. The maximum atomic E-state index is 6.04. The van der Waals surface area contributed by atoms with E-state index in [4.69, 9.17) is 10.7 Å². The van der Waals surface area contributed by atoms with Gasteiger partial charge in [-0.2, -0.15) is 0 Å². The van der Waals surface area contributed by atoms with Crippen molar-refractivity contribution in [3.63, 3.8) is 0 Å². The third kappa shape index (κ3) is 1.54. The molecule has 2 aromatic rings. The molecule has 4 bridgehead atoms. The molecule has 20 heavy (non-hydrogen) atoms. The van der Waals surface area contributed by atoms with Crippen molar-refractivity contribution in [2.75, 3.05) is 5.73 Å². The molecule has 4 aliphatic carbocycles. The maximum absolute atomic E-state index is 6.04. The van der Waals surface area contributed by atoms with Crippen LogP contribution in [0.3, 0.4) is 0 Å². The Bertz CT molecular complexity index is 652. The first-order chi connectivity index (χ1) is 9.72. The number of fused-ring (bicyclic) bond motifs is 1. The minimum absolute atomic E-state index is 0.359. The minimum atomic E-state index is 0.359. The van der Waals surface area contributed by atoms with Crippen molar-refractivity contribution in [3.8, 4) is 0 Å². The molecule has 2 N–H and O–H groups in total. The zero-order valence-corrected chi connectivity index (χ0v) is 13.4. The quantitative estimate of drug-likeness (QED) is 0.814. The van der Waals surface area contributed by atoms with Crippen LogP contribution in [-0.4, -0.2) is 19.5 Å². The van der Waals surface area contributed by atoms with Gasteiger partial charge in [-0.1, -0.05) is 0 Å². The monoisotopic (exact) mass is 332 g/mol. The van der Waals surface area contributed by atoms with Crippen LogP contribution in [0, 0.1) is 17.8 Å². The molecular formula is C17H20N2Se. The van der Waals surface area contributed by atoms with Gasteiger partial charge in [0.15, 0.2) is 0 Å². The van der Waals surface area contributed by atoms with Crippen LogP contribution in [-0.2, 0) is 5.41 Å². The fourth-order valence-corrected chi connectivity index (χ4v) is 7.39. The number of hydrogen-bond donors (Lipinski definition) is 1. The van der Waals surface area contributed by atoms with Gasteiger partial charge in [0.05, 0.1) is 0 Å². The molecule has 2 nitrogen and oxygen atoms in total. The molecule has 6 rings (SSSR count). The van der Waals surface area contributed by atoms with Crippen LogP contribution in [0.5, 0.6) is 0 Å². The number of pyridine rings is 1. The Morgan fingerprint density at radius 3 is 2.35 bits per heavy atom. The summed E-state index contributed by atoms with van der Waals surface area (Å²) in [4.78, 5) is 7.26. The van der Waals surface area contributed by atoms with E-state index in [9.17, 15) is 0 Å². The molecule has 104 valence electrons. The van der Waals surface area contributed by atoms with E-state index >= 15 is 0 Å². The first-order valence-electron chi connectivity index (χ1n) is 7.86. The Morgan fingerprint density at radius 2 is 1.70 bits per heavy atom. The van der Waals surface area contributed by atoms with Gasteiger partial charge in [-0.05, 0) is 0 Å². The average molecular weight is 331 g/mol. The van der Waals surface area contributed by atoms with Gasteiger partial charge >= 0.3 is 125 Å². The van der Waals surface area contributed by atoms with Gasteiger partial charge in [0.25, 0.3) is 0 Å². The summed E-state index contributed by atoms with van der Waals surface area (Å²) in [5.41, 5.74) is 8.82. The second-order valence-electron chi connectivity index (χ2n) is 7.44. The number of anilines is 1. The van der Waals surface area contributed by atoms with Crippen molar-refractivity contribution in [1.82, 2.24) is 4.98 Å². The van der Waals surface area contributed by atoms with Crippen LogP contribution in [0.1, 0.15) is 44.2 Å². The Labute approximate surface area is 125 Å². The Balaban J connectivity index is 1.63. The molecule has 0 aliphatic heterocycles. The second kappa shape index (κ2) is 3.90. The normalized spacial score (nSPS) is 38.7. The number of hydrogen-bond acceptors (Lipinski definition) is 2. The number of rotatable bonds is 1. The summed E-state index contributed by atoms with van der Waals surface area (Å²) in [5, 5.41) is 1.21. The van der Waals surface area contributed by atoms with E-state index < -0.39 is 0 Å². The summed E-state index contributed by atoms with van der Waals surface area (Å²) in [6, 6.07) is 4.55. The Morgan fingerprint density at radius 1 is 1.05 bits per heavy atom. The van der Waals surface area contributed by atoms with Crippen molar-refractivity contribution in [2.24, 2.45) is 17.8 Å². The van der Waals surface area contributed by atoms with Gasteiger partial charge in [-0.3, -0.25) is 0 Å². The number of aromatic nitrogens is 1. The van der Waals surface area contributed by atoms with Crippen molar-refractivity contribution in [1.29, 1.82) is 0 Å². The number of nitrogen functional groups attached to an aromatic ring is 1. The fourth-order valence-electron chi connectivity index (χ4n) is 5.65. The average Bonchev–Trinajstić information content (AvgIpc) is 2.78. The van der Waals surface area contributed by atoms with E-state index in [1.165, 1.54) is 54.0 Å². The molecule has 2 heterocycles. The van der Waals surface area contributed by atoms with E-state index in [1.807, 2.05) is 0 Å². The Kier molecular flexibility index (Phi) is 2.30. The summed E-state index contributed by atoms with van der Waals surface area (Å²) in [6.07, 6.45) is 8.72. The number of nitrogens with two attached hydrogens (primary N) is 1. The molecule has 0 unspecified atom stereocenters. The standard InChI is InChI=1S/C17H20N2Se/c18-14-9-20-16-13(14)1-2-15(19-16)17-6-10-3-11(7-17)5-12(4-10)8-17/h1-2,9-12H,3-8,18H2. The van der Waals surface area contributed by atoms with E-state index in [0.717, 1.165) is 23.4 Å². The molecular weight excluding hydrogens is 311 g/mol. The predicted molar refractivity (Wildman–Crippen MR) is 82.9 cm³/mol. The van der Waals surface area contributed by atoms with E-state index in [0.29, 0.717) is 19.9 Å². The SMILES string of the molecule is Nc1c[se]c2nc(C34CC5CC(CC(C5)C3)C4)ccc12. The third-order valence-electron chi connectivity index (χ3n) is 6.05. The van der Waals surface area contributed by atoms with E-state index in [1.54, 1.807) is 0 Å². The van der Waals surface area contributed by atoms with Crippen LogP contribution >= 0.6 is 0 Å². The summed E-state index contributed by atoms with van der Waals surface area (Å²) in [5.74, 6) is 2.97. The molecule has 0 saturated heterocycles. The molecule has 2 aromatic heterocycles. The van der Waals surface area contributed by atoms with Gasteiger partial charge in [-0.25, -0.2) is 0 Å². The van der Waals surface area contributed by atoms with Crippen molar-refractivity contribution >= 4 is 30.0 Å². The van der Waals surface area contributed by atoms with E-state index in [2.05, 4.69) is 17.1 Å². The molecule has 3 heteroatoms. The molecule has 4 aliphatic rings. The predicted octanol–water partition coefficient (Wildman–Crippen LogP) is 3.34. The zero-order chi connectivity index (χ0) is 13.3.